The van der Waals surface area contributed by atoms with Gasteiger partial charge in [-0.25, -0.2) is 9.07 Å². The second-order valence-electron chi connectivity index (χ2n) is 6.16. The Bertz CT molecular complexity index is 1010. The van der Waals surface area contributed by atoms with Gasteiger partial charge in [0.05, 0.1) is 0 Å². The van der Waals surface area contributed by atoms with Crippen LogP contribution in [0.5, 0.6) is 5.88 Å². The van der Waals surface area contributed by atoms with Gasteiger partial charge in [-0.05, 0) is 48.2 Å². The van der Waals surface area contributed by atoms with Gasteiger partial charge in [0.15, 0.2) is 0 Å². The van der Waals surface area contributed by atoms with E-state index in [9.17, 15) is 14.3 Å². The summed E-state index contributed by atoms with van der Waals surface area (Å²) < 4.78 is 16.3. The third-order valence-corrected chi connectivity index (χ3v) is 4.94. The van der Waals surface area contributed by atoms with Gasteiger partial charge in [-0.2, -0.15) is 0 Å². The zero-order chi connectivity index (χ0) is 17.6. The van der Waals surface area contributed by atoms with Crippen LogP contribution in [0, 0.1) is 5.82 Å². The number of fused-ring (bicyclic) bond motifs is 1. The molecular weight excluding hydrogens is 343 g/mol. The minimum Gasteiger partial charge on any atom is -0.493 e. The van der Waals surface area contributed by atoms with Crippen LogP contribution in [0.15, 0.2) is 47.3 Å². The molecule has 0 radical (unpaired) electrons. The zero-order valence-corrected chi connectivity index (χ0v) is 14.1. The highest BCUT2D eigenvalue weighted by Gasteiger charge is 2.24. The summed E-state index contributed by atoms with van der Waals surface area (Å²) in [5.41, 5.74) is 2.07. The van der Waals surface area contributed by atoms with Crippen LogP contribution in [0.4, 0.5) is 4.39 Å². The van der Waals surface area contributed by atoms with Crippen LogP contribution in [-0.2, 0) is 13.1 Å². The maximum atomic E-state index is 13.1. The van der Waals surface area contributed by atoms with Crippen LogP contribution < -0.4 is 5.56 Å². The summed E-state index contributed by atoms with van der Waals surface area (Å²) in [5, 5.41) is 11.0. The summed E-state index contributed by atoms with van der Waals surface area (Å²) in [7, 11) is 0. The highest BCUT2D eigenvalue weighted by Crippen LogP contribution is 2.36. The Hall–Kier alpha value is -2.53. The first-order valence-corrected chi connectivity index (χ1v) is 8.52. The number of rotatable bonds is 2. The maximum absolute atomic E-state index is 13.1. The number of halogens is 2. The van der Waals surface area contributed by atoms with Gasteiger partial charge < -0.3 is 5.11 Å². The van der Waals surface area contributed by atoms with E-state index >= 15 is 0 Å². The van der Waals surface area contributed by atoms with E-state index in [1.165, 1.54) is 12.1 Å². The molecule has 0 atom stereocenters. The molecule has 2 heterocycles. The molecule has 128 valence electrons. The average molecular weight is 359 g/mol. The van der Waals surface area contributed by atoms with Gasteiger partial charge >= 0.3 is 0 Å². The minimum atomic E-state index is -0.311. The first-order chi connectivity index (χ1) is 12.1. The van der Waals surface area contributed by atoms with Crippen molar-refractivity contribution in [2.45, 2.75) is 25.9 Å². The van der Waals surface area contributed by atoms with E-state index in [4.69, 9.17) is 11.6 Å². The zero-order valence-electron chi connectivity index (χ0n) is 13.4. The number of hydrogen-bond acceptors (Lipinski definition) is 2. The summed E-state index contributed by atoms with van der Waals surface area (Å²) in [6, 6.07) is 11.4. The van der Waals surface area contributed by atoms with Crippen molar-refractivity contribution in [3.63, 3.8) is 0 Å². The fourth-order valence-corrected chi connectivity index (χ4v) is 3.54. The van der Waals surface area contributed by atoms with Crippen LogP contribution >= 0.6 is 11.6 Å². The lowest BCUT2D eigenvalue weighted by molar-refractivity contribution is 0.305. The molecule has 0 spiro atoms. The Morgan fingerprint density at radius 1 is 0.960 bits per heavy atom. The summed E-state index contributed by atoms with van der Waals surface area (Å²) >= 11 is 6.32. The Morgan fingerprint density at radius 2 is 1.60 bits per heavy atom. The lowest BCUT2D eigenvalue weighted by atomic mass is 10.00. The van der Waals surface area contributed by atoms with E-state index < -0.39 is 0 Å². The largest absolute Gasteiger partial charge is 0.493 e. The van der Waals surface area contributed by atoms with E-state index in [0.29, 0.717) is 23.7 Å². The van der Waals surface area contributed by atoms with Gasteiger partial charge in [-0.15, -0.1) is 0 Å². The second-order valence-corrected chi connectivity index (χ2v) is 6.57. The summed E-state index contributed by atoms with van der Waals surface area (Å²) in [6.07, 6.45) is 1.83. The molecule has 25 heavy (non-hydrogen) atoms. The second kappa shape index (κ2) is 6.08. The predicted octanol–water partition coefficient (Wildman–Crippen LogP) is 4.28. The normalized spacial score (nSPS) is 13.7. The quantitative estimate of drug-likeness (QED) is 0.743. The van der Waals surface area contributed by atoms with Gasteiger partial charge in [-0.1, -0.05) is 29.8 Å². The Labute approximate surface area is 148 Å². The third kappa shape index (κ3) is 2.65. The van der Waals surface area contributed by atoms with E-state index in [0.717, 1.165) is 24.0 Å². The van der Waals surface area contributed by atoms with Gasteiger partial charge in [-0.3, -0.25) is 9.48 Å². The molecule has 0 amide bonds. The molecule has 1 aliphatic heterocycles. The molecule has 0 fully saturated rings. The van der Waals surface area contributed by atoms with Gasteiger partial charge in [0.2, 0.25) is 5.88 Å². The number of nitrogens with zero attached hydrogens (tertiary/aromatic N) is 2. The lowest BCUT2D eigenvalue weighted by Crippen LogP contribution is -2.27. The number of benzene rings is 2. The SMILES string of the molecule is O=c1c(-c2cc(-c3ccc(F)cc3)ccc2Cl)c(O)n2n1CCCC2. The molecule has 1 aliphatic rings. The number of hydrogen-bond donors (Lipinski definition) is 1. The molecule has 0 aliphatic carbocycles. The van der Waals surface area contributed by atoms with Crippen molar-refractivity contribution in [3.8, 4) is 28.1 Å². The average Bonchev–Trinajstić information content (AvgIpc) is 2.88. The lowest BCUT2D eigenvalue weighted by Gasteiger charge is -2.16. The smallest absolute Gasteiger partial charge is 0.278 e. The van der Waals surface area contributed by atoms with Crippen LogP contribution in [0.25, 0.3) is 22.3 Å². The monoisotopic (exact) mass is 358 g/mol. The third-order valence-electron chi connectivity index (χ3n) is 4.61. The Kier molecular flexibility index (Phi) is 3.88. The summed E-state index contributed by atoms with van der Waals surface area (Å²) in [4.78, 5) is 12.8. The van der Waals surface area contributed by atoms with Crippen LogP contribution in [0.3, 0.4) is 0 Å². The fraction of sp³-hybridized carbons (Fsp3) is 0.211. The van der Waals surface area contributed by atoms with Gasteiger partial charge in [0.1, 0.15) is 11.4 Å². The molecular formula is C19H16ClFN2O2. The van der Waals surface area contributed by atoms with Crippen molar-refractivity contribution in [2.75, 3.05) is 0 Å². The van der Waals surface area contributed by atoms with E-state index in [2.05, 4.69) is 0 Å². The van der Waals surface area contributed by atoms with Crippen molar-refractivity contribution in [3.05, 3.63) is 63.7 Å². The molecule has 2 aromatic carbocycles. The first-order valence-electron chi connectivity index (χ1n) is 8.14. The Morgan fingerprint density at radius 3 is 2.28 bits per heavy atom. The van der Waals surface area contributed by atoms with Crippen molar-refractivity contribution in [1.82, 2.24) is 9.36 Å². The Balaban J connectivity index is 1.89. The van der Waals surface area contributed by atoms with Gasteiger partial charge in [0.25, 0.3) is 5.56 Å². The maximum Gasteiger partial charge on any atom is 0.278 e. The van der Waals surface area contributed by atoms with Gasteiger partial charge in [0, 0.05) is 23.7 Å². The van der Waals surface area contributed by atoms with Crippen molar-refractivity contribution >= 4 is 11.6 Å². The minimum absolute atomic E-state index is 0.0529. The molecule has 0 saturated heterocycles. The number of aromatic hydroxyl groups is 1. The topological polar surface area (TPSA) is 47.2 Å². The fourth-order valence-electron chi connectivity index (χ4n) is 3.32. The summed E-state index contributed by atoms with van der Waals surface area (Å²) in [6.45, 7) is 1.19. The van der Waals surface area contributed by atoms with Crippen LogP contribution in [0.1, 0.15) is 12.8 Å². The molecule has 0 unspecified atom stereocenters. The van der Waals surface area contributed by atoms with E-state index in [1.807, 2.05) is 6.07 Å². The molecule has 4 rings (SSSR count). The molecule has 3 aromatic rings. The number of aromatic nitrogens is 2. The van der Waals surface area contributed by atoms with Crippen molar-refractivity contribution in [2.24, 2.45) is 0 Å². The van der Waals surface area contributed by atoms with Crippen LogP contribution in [-0.4, -0.2) is 14.5 Å². The molecule has 0 saturated carbocycles. The molecule has 4 nitrogen and oxygen atoms in total. The van der Waals surface area contributed by atoms with E-state index in [1.54, 1.807) is 33.6 Å². The predicted molar refractivity (Wildman–Crippen MR) is 95.4 cm³/mol. The highest BCUT2D eigenvalue weighted by atomic mass is 35.5. The molecule has 1 aromatic heterocycles. The molecule has 1 N–H and O–H groups in total. The van der Waals surface area contributed by atoms with Crippen molar-refractivity contribution in [1.29, 1.82) is 0 Å². The van der Waals surface area contributed by atoms with Crippen LogP contribution in [0.2, 0.25) is 5.02 Å². The highest BCUT2D eigenvalue weighted by molar-refractivity contribution is 6.33. The molecule has 6 heteroatoms. The van der Waals surface area contributed by atoms with Crippen molar-refractivity contribution < 1.29 is 9.50 Å². The first kappa shape index (κ1) is 16.0. The van der Waals surface area contributed by atoms with E-state index in [-0.39, 0.29) is 22.8 Å². The molecule has 0 bridgehead atoms. The standard InChI is InChI=1S/C19H16ClFN2O2/c20-16-8-5-13(12-3-6-14(21)7-4-12)11-15(16)17-18(24)22-9-1-2-10-23(22)19(17)25/h3-8,11,24H,1-2,9-10H2. The summed E-state index contributed by atoms with van der Waals surface area (Å²) in [5.74, 6) is -0.364.